The van der Waals surface area contributed by atoms with Gasteiger partial charge in [0.15, 0.2) is 6.29 Å². The molecule has 1 heterocycles. The second kappa shape index (κ2) is 9.35. The van der Waals surface area contributed by atoms with Gasteiger partial charge in [0, 0.05) is 5.56 Å². The number of carbonyl (C=O) groups is 1. The van der Waals surface area contributed by atoms with Crippen LogP contribution < -0.4 is 4.74 Å². The summed E-state index contributed by atoms with van der Waals surface area (Å²) in [5.74, 6) is 0.229. The second-order valence-corrected chi connectivity index (χ2v) is 7.79. The Morgan fingerprint density at radius 3 is 1.93 bits per heavy atom. The van der Waals surface area contributed by atoms with Crippen molar-refractivity contribution in [1.82, 2.24) is 0 Å². The van der Waals surface area contributed by atoms with E-state index >= 15 is 0 Å². The highest BCUT2D eigenvalue weighted by Crippen LogP contribution is 2.33. The molecule has 1 saturated heterocycles. The fourth-order valence-electron chi connectivity index (χ4n) is 3.29. The van der Waals surface area contributed by atoms with E-state index in [2.05, 4.69) is 26.0 Å². The molecular weight excluding hydrogens is 352 g/mol. The molecule has 0 N–H and O–H groups in total. The third-order valence-corrected chi connectivity index (χ3v) is 5.06. The number of carbonyl (C=O) groups excluding carboxylic acids is 1. The molecule has 4 nitrogen and oxygen atoms in total. The van der Waals surface area contributed by atoms with Crippen molar-refractivity contribution in [1.29, 1.82) is 0 Å². The number of esters is 1. The van der Waals surface area contributed by atoms with E-state index in [1.807, 2.05) is 43.3 Å². The Morgan fingerprint density at radius 1 is 0.929 bits per heavy atom. The van der Waals surface area contributed by atoms with Crippen molar-refractivity contribution in [2.24, 2.45) is 5.41 Å². The molecule has 1 aliphatic heterocycles. The first-order valence-corrected chi connectivity index (χ1v) is 10.2. The van der Waals surface area contributed by atoms with Gasteiger partial charge in [-0.1, -0.05) is 63.1 Å². The third-order valence-electron chi connectivity index (χ3n) is 5.06. The quantitative estimate of drug-likeness (QED) is 0.485. The first-order chi connectivity index (χ1) is 13.5. The Kier molecular flexibility index (Phi) is 6.87. The zero-order chi connectivity index (χ0) is 20.0. The van der Waals surface area contributed by atoms with E-state index in [1.54, 1.807) is 0 Å². The summed E-state index contributed by atoms with van der Waals surface area (Å²) in [4.78, 5) is 12.7. The topological polar surface area (TPSA) is 44.8 Å². The van der Waals surface area contributed by atoms with Crippen LogP contribution in [0.2, 0.25) is 0 Å². The lowest BCUT2D eigenvalue weighted by Crippen LogP contribution is -2.44. The fourth-order valence-corrected chi connectivity index (χ4v) is 3.29. The van der Waals surface area contributed by atoms with Gasteiger partial charge in [0.2, 0.25) is 0 Å². The number of hydrogen-bond acceptors (Lipinski definition) is 4. The maximum atomic E-state index is 12.7. The van der Waals surface area contributed by atoms with Gasteiger partial charge in [-0.15, -0.1) is 0 Å². The van der Waals surface area contributed by atoms with E-state index in [-0.39, 0.29) is 19.2 Å². The van der Waals surface area contributed by atoms with E-state index in [1.165, 1.54) is 11.1 Å². The van der Waals surface area contributed by atoms with Crippen LogP contribution in [-0.4, -0.2) is 19.2 Å². The first-order valence-electron chi connectivity index (χ1n) is 10.2. The largest absolute Gasteiger partial charge is 0.426 e. The van der Waals surface area contributed by atoms with E-state index in [4.69, 9.17) is 14.2 Å². The minimum atomic E-state index is -0.819. The third kappa shape index (κ3) is 5.00. The lowest BCUT2D eigenvalue weighted by atomic mass is 9.92. The van der Waals surface area contributed by atoms with Gasteiger partial charge in [-0.05, 0) is 43.0 Å². The molecule has 2 aromatic rings. The van der Waals surface area contributed by atoms with Gasteiger partial charge >= 0.3 is 5.97 Å². The molecule has 0 unspecified atom stereocenters. The van der Waals surface area contributed by atoms with Crippen LogP contribution in [-0.2, 0) is 27.1 Å². The zero-order valence-electron chi connectivity index (χ0n) is 17.1. The van der Waals surface area contributed by atoms with Gasteiger partial charge in [-0.2, -0.15) is 0 Å². The average molecular weight is 383 g/mol. The summed E-state index contributed by atoms with van der Waals surface area (Å²) in [5, 5.41) is 0. The standard InChI is InChI=1S/C24H30O4/c1-4-6-18-8-12-20(13-9-18)22-26-16-24(3,17-27-22)23(25)28-21-14-10-19(7-5-2)11-15-21/h8-15,22H,4-7,16-17H2,1-3H3. The van der Waals surface area contributed by atoms with Gasteiger partial charge in [0.25, 0.3) is 0 Å². The van der Waals surface area contributed by atoms with Crippen LogP contribution in [0.1, 0.15) is 56.6 Å². The van der Waals surface area contributed by atoms with E-state index in [0.29, 0.717) is 5.75 Å². The Morgan fingerprint density at radius 2 is 1.43 bits per heavy atom. The van der Waals surface area contributed by atoms with Crippen LogP contribution >= 0.6 is 0 Å². The van der Waals surface area contributed by atoms with Crippen LogP contribution in [0.3, 0.4) is 0 Å². The lowest BCUT2D eigenvalue weighted by molar-refractivity contribution is -0.233. The molecule has 0 amide bonds. The Hall–Kier alpha value is -2.17. The minimum Gasteiger partial charge on any atom is -0.426 e. The number of hydrogen-bond donors (Lipinski definition) is 0. The predicted octanol–water partition coefficient (Wildman–Crippen LogP) is 5.25. The van der Waals surface area contributed by atoms with Crippen LogP contribution in [0.4, 0.5) is 0 Å². The van der Waals surface area contributed by atoms with Crippen molar-refractivity contribution < 1.29 is 19.0 Å². The Balaban J connectivity index is 1.56. The van der Waals surface area contributed by atoms with Gasteiger partial charge in [0.05, 0.1) is 13.2 Å². The second-order valence-electron chi connectivity index (χ2n) is 7.79. The summed E-state index contributed by atoms with van der Waals surface area (Å²) in [6.45, 7) is 6.66. The number of benzene rings is 2. The predicted molar refractivity (Wildman–Crippen MR) is 109 cm³/mol. The zero-order valence-corrected chi connectivity index (χ0v) is 17.1. The smallest absolute Gasteiger partial charge is 0.321 e. The van der Waals surface area contributed by atoms with Crippen LogP contribution in [0, 0.1) is 5.41 Å². The monoisotopic (exact) mass is 382 g/mol. The molecule has 0 aliphatic carbocycles. The van der Waals surface area contributed by atoms with E-state index in [0.717, 1.165) is 31.2 Å². The molecule has 0 radical (unpaired) electrons. The summed E-state index contributed by atoms with van der Waals surface area (Å²) < 4.78 is 17.3. The van der Waals surface area contributed by atoms with Gasteiger partial charge in [-0.3, -0.25) is 4.79 Å². The average Bonchev–Trinajstić information content (AvgIpc) is 2.71. The molecule has 0 spiro atoms. The molecule has 150 valence electrons. The lowest BCUT2D eigenvalue weighted by Gasteiger charge is -2.35. The Labute approximate surface area is 167 Å². The molecule has 0 aromatic heterocycles. The summed E-state index contributed by atoms with van der Waals surface area (Å²) in [5.41, 5.74) is 2.70. The van der Waals surface area contributed by atoms with Crippen LogP contribution in [0.25, 0.3) is 0 Å². The molecule has 1 fully saturated rings. The maximum absolute atomic E-state index is 12.7. The number of aryl methyl sites for hydroxylation is 2. The number of rotatable bonds is 7. The molecule has 0 atom stereocenters. The Bertz CT molecular complexity index is 756. The minimum absolute atomic E-state index is 0.265. The van der Waals surface area contributed by atoms with Crippen molar-refractivity contribution in [3.05, 3.63) is 65.2 Å². The number of ether oxygens (including phenoxy) is 3. The molecule has 28 heavy (non-hydrogen) atoms. The molecule has 4 heteroatoms. The van der Waals surface area contributed by atoms with Crippen molar-refractivity contribution in [2.75, 3.05) is 13.2 Å². The normalized spacial score (nSPS) is 22.0. The fraction of sp³-hybridized carbons (Fsp3) is 0.458. The highest BCUT2D eigenvalue weighted by atomic mass is 16.7. The van der Waals surface area contributed by atoms with Crippen LogP contribution in [0.15, 0.2) is 48.5 Å². The van der Waals surface area contributed by atoms with Gasteiger partial charge in [0.1, 0.15) is 11.2 Å². The summed E-state index contributed by atoms with van der Waals surface area (Å²) >= 11 is 0. The molecular formula is C24H30O4. The molecule has 0 saturated carbocycles. The summed E-state index contributed by atoms with van der Waals surface area (Å²) in [6.07, 6.45) is 3.86. The molecule has 3 rings (SSSR count). The van der Waals surface area contributed by atoms with Crippen molar-refractivity contribution in [2.45, 2.75) is 52.7 Å². The molecule has 0 bridgehead atoms. The van der Waals surface area contributed by atoms with E-state index in [9.17, 15) is 4.79 Å². The maximum Gasteiger partial charge on any atom is 0.321 e. The van der Waals surface area contributed by atoms with Crippen molar-refractivity contribution in [3.8, 4) is 5.75 Å². The van der Waals surface area contributed by atoms with Gasteiger partial charge in [-0.25, -0.2) is 0 Å². The SMILES string of the molecule is CCCc1ccc(OC(=O)C2(C)COC(c3ccc(CCC)cc3)OC2)cc1. The van der Waals surface area contributed by atoms with Gasteiger partial charge < -0.3 is 14.2 Å². The summed E-state index contributed by atoms with van der Waals surface area (Å²) in [7, 11) is 0. The molecule has 2 aromatic carbocycles. The van der Waals surface area contributed by atoms with Crippen molar-refractivity contribution in [3.63, 3.8) is 0 Å². The van der Waals surface area contributed by atoms with Crippen molar-refractivity contribution >= 4 is 5.97 Å². The highest BCUT2D eigenvalue weighted by molar-refractivity contribution is 5.79. The van der Waals surface area contributed by atoms with Crippen LogP contribution in [0.5, 0.6) is 5.75 Å². The molecule has 1 aliphatic rings. The highest BCUT2D eigenvalue weighted by Gasteiger charge is 2.41. The first kappa shape index (κ1) is 20.6. The van der Waals surface area contributed by atoms with E-state index < -0.39 is 11.7 Å². The summed E-state index contributed by atoms with van der Waals surface area (Å²) in [6, 6.07) is 16.0.